The molecule has 2 aromatic heterocycles. The van der Waals surface area contributed by atoms with E-state index in [1.165, 1.54) is 9.36 Å². The lowest BCUT2D eigenvalue weighted by Crippen LogP contribution is -2.39. The Labute approximate surface area is 248 Å². The van der Waals surface area contributed by atoms with Gasteiger partial charge in [0, 0.05) is 42.0 Å². The van der Waals surface area contributed by atoms with Crippen molar-refractivity contribution in [2.24, 2.45) is 13.0 Å². The first-order valence-corrected chi connectivity index (χ1v) is 14.6. The normalized spacial score (nSPS) is 19.5. The van der Waals surface area contributed by atoms with E-state index in [2.05, 4.69) is 29.4 Å². The molecule has 0 saturated carbocycles. The number of carbonyl (C=O) groups excluding carboxylic acids is 1. The van der Waals surface area contributed by atoms with Gasteiger partial charge in [0.25, 0.3) is 5.56 Å². The molecule has 0 bridgehead atoms. The van der Waals surface area contributed by atoms with E-state index in [0.717, 1.165) is 27.8 Å². The van der Waals surface area contributed by atoms with Gasteiger partial charge in [-0.25, -0.2) is 0 Å². The van der Waals surface area contributed by atoms with Gasteiger partial charge in [0.15, 0.2) is 0 Å². The van der Waals surface area contributed by atoms with Crippen molar-refractivity contribution < 1.29 is 19.0 Å². The van der Waals surface area contributed by atoms with Gasteiger partial charge in [0.2, 0.25) is 5.91 Å². The van der Waals surface area contributed by atoms with Crippen LogP contribution in [0.3, 0.4) is 0 Å². The summed E-state index contributed by atoms with van der Waals surface area (Å²) in [5.74, 6) is -0.0562. The molecule has 4 aromatic rings. The van der Waals surface area contributed by atoms with Crippen molar-refractivity contribution in [3.8, 4) is 11.1 Å². The summed E-state index contributed by atoms with van der Waals surface area (Å²) in [6.45, 7) is 5.85. The molecule has 2 aliphatic rings. The minimum absolute atomic E-state index is 0.0126. The Morgan fingerprint density at radius 3 is 2.64 bits per heavy atom. The number of carbonyl (C=O) groups is 1. The zero-order valence-corrected chi connectivity index (χ0v) is 24.6. The molecule has 2 aliphatic heterocycles. The van der Waals surface area contributed by atoms with Crippen molar-refractivity contribution in [1.29, 1.82) is 0 Å². The van der Waals surface area contributed by atoms with Crippen LogP contribution in [0, 0.1) is 5.92 Å². The smallest absolute Gasteiger partial charge is 0.251 e. The second-order valence-corrected chi connectivity index (χ2v) is 11.7. The van der Waals surface area contributed by atoms with Gasteiger partial charge in [0.05, 0.1) is 38.6 Å². The second kappa shape index (κ2) is 12.0. The van der Waals surface area contributed by atoms with Gasteiger partial charge in [-0.15, -0.1) is 0 Å². The molecule has 1 saturated heterocycles. The summed E-state index contributed by atoms with van der Waals surface area (Å²) in [5.41, 5.74) is 5.19. The Kier molecular flexibility index (Phi) is 8.13. The van der Waals surface area contributed by atoms with E-state index >= 15 is 0 Å². The van der Waals surface area contributed by atoms with E-state index in [4.69, 9.17) is 25.8 Å². The molecule has 3 atom stereocenters. The zero-order valence-electron chi connectivity index (χ0n) is 23.9. The monoisotopic (exact) mass is 591 g/mol. The highest BCUT2D eigenvalue weighted by Crippen LogP contribution is 2.34. The maximum absolute atomic E-state index is 13.9. The fourth-order valence-electron chi connectivity index (χ4n) is 5.67. The Bertz CT molecular complexity index is 1680. The lowest BCUT2D eigenvalue weighted by Gasteiger charge is -2.30. The van der Waals surface area contributed by atoms with Crippen molar-refractivity contribution in [1.82, 2.24) is 19.6 Å². The Hall–Kier alpha value is -3.57. The van der Waals surface area contributed by atoms with Gasteiger partial charge in [-0.05, 0) is 59.4 Å². The Balaban J connectivity index is 1.40. The number of benzene rings is 2. The third kappa shape index (κ3) is 5.98. The number of aromatic nitrogens is 4. The van der Waals surface area contributed by atoms with E-state index in [1.54, 1.807) is 37.5 Å². The van der Waals surface area contributed by atoms with Crippen LogP contribution in [0.5, 0.6) is 0 Å². The van der Waals surface area contributed by atoms with E-state index < -0.39 is 6.04 Å². The SMILES string of the molecule is CC(C)[C@@H]1Cc2ccc(Cl)cc2-c2cc(=O)n([C@@H](C[C@@H]3COCCO3)C(=O)Nc3ccc4nn(C)nc4c3)cc2CO1. The van der Waals surface area contributed by atoms with Crippen LogP contribution in [0.4, 0.5) is 5.69 Å². The fraction of sp³-hybridized carbons (Fsp3) is 0.419. The Morgan fingerprint density at radius 2 is 1.86 bits per heavy atom. The van der Waals surface area contributed by atoms with Crippen LogP contribution < -0.4 is 10.9 Å². The molecule has 0 spiro atoms. The van der Waals surface area contributed by atoms with Gasteiger partial charge < -0.3 is 24.1 Å². The highest BCUT2D eigenvalue weighted by Gasteiger charge is 2.30. The third-order valence-corrected chi connectivity index (χ3v) is 8.14. The van der Waals surface area contributed by atoms with Crippen LogP contribution in [0.1, 0.15) is 37.4 Å². The number of anilines is 1. The number of ether oxygens (including phenoxy) is 3. The number of rotatable bonds is 6. The number of nitrogens with zero attached hydrogens (tertiary/aromatic N) is 4. The highest BCUT2D eigenvalue weighted by atomic mass is 35.5. The number of amides is 1. The molecule has 2 aromatic carbocycles. The molecule has 11 heteroatoms. The molecule has 1 fully saturated rings. The molecule has 0 radical (unpaired) electrons. The topological polar surface area (TPSA) is 110 Å². The minimum Gasteiger partial charge on any atom is -0.376 e. The van der Waals surface area contributed by atoms with Crippen LogP contribution in [-0.2, 0) is 39.1 Å². The number of hydrogen-bond donors (Lipinski definition) is 1. The van der Waals surface area contributed by atoms with Gasteiger partial charge in [-0.2, -0.15) is 15.0 Å². The maximum atomic E-state index is 13.9. The van der Waals surface area contributed by atoms with Crippen molar-refractivity contribution in [3.05, 3.63) is 75.2 Å². The molecule has 0 unspecified atom stereocenters. The van der Waals surface area contributed by atoms with Crippen molar-refractivity contribution in [2.45, 2.75) is 51.5 Å². The minimum atomic E-state index is -0.864. The van der Waals surface area contributed by atoms with Crippen molar-refractivity contribution in [2.75, 3.05) is 25.1 Å². The van der Waals surface area contributed by atoms with E-state index in [0.29, 0.717) is 49.1 Å². The number of nitrogens with one attached hydrogen (secondary N) is 1. The van der Waals surface area contributed by atoms with Crippen LogP contribution in [0.15, 0.2) is 53.5 Å². The van der Waals surface area contributed by atoms with E-state index in [-0.39, 0.29) is 36.0 Å². The van der Waals surface area contributed by atoms with Gasteiger partial charge in [0.1, 0.15) is 17.1 Å². The summed E-state index contributed by atoms with van der Waals surface area (Å²) in [6, 6.07) is 11.8. The number of halogens is 1. The largest absolute Gasteiger partial charge is 0.376 e. The standard InChI is InChI=1S/C31H34ClN5O5/c1-18(2)29-10-19-4-5-21(32)11-24(19)25-14-30(38)37(15-20(25)16-42-29)28(13-23-17-40-8-9-41-23)31(39)33-22-6-7-26-27(12-22)35-36(3)34-26/h4-7,11-12,14-15,18,23,28-29H,8-10,13,16-17H2,1-3H3,(H,33,39)/t23-,28+,29+/m1/s1. The lowest BCUT2D eigenvalue weighted by molar-refractivity contribution is -0.124. The average Bonchev–Trinajstić information content (AvgIpc) is 3.33. The third-order valence-electron chi connectivity index (χ3n) is 7.90. The maximum Gasteiger partial charge on any atom is 0.251 e. The molecular weight excluding hydrogens is 558 g/mol. The molecule has 1 amide bonds. The second-order valence-electron chi connectivity index (χ2n) is 11.3. The van der Waals surface area contributed by atoms with Gasteiger partial charge in [-0.1, -0.05) is 31.5 Å². The lowest BCUT2D eigenvalue weighted by atomic mass is 9.89. The zero-order chi connectivity index (χ0) is 29.4. The summed E-state index contributed by atoms with van der Waals surface area (Å²) >= 11 is 6.42. The molecule has 220 valence electrons. The molecule has 6 rings (SSSR count). The van der Waals surface area contributed by atoms with Crippen LogP contribution >= 0.6 is 11.6 Å². The number of aryl methyl sites for hydroxylation is 1. The Morgan fingerprint density at radius 1 is 1.05 bits per heavy atom. The van der Waals surface area contributed by atoms with E-state index in [9.17, 15) is 9.59 Å². The molecule has 42 heavy (non-hydrogen) atoms. The molecule has 4 heterocycles. The predicted octanol–water partition coefficient (Wildman–Crippen LogP) is 4.53. The number of hydrogen-bond acceptors (Lipinski definition) is 7. The van der Waals surface area contributed by atoms with Crippen molar-refractivity contribution >= 4 is 34.2 Å². The van der Waals surface area contributed by atoms with Gasteiger partial charge in [-0.3, -0.25) is 9.59 Å². The first-order valence-electron chi connectivity index (χ1n) is 14.2. The van der Waals surface area contributed by atoms with E-state index in [1.807, 2.05) is 18.2 Å². The summed E-state index contributed by atoms with van der Waals surface area (Å²) in [5, 5.41) is 12.2. The molecule has 10 nitrogen and oxygen atoms in total. The predicted molar refractivity (Wildman–Crippen MR) is 160 cm³/mol. The summed E-state index contributed by atoms with van der Waals surface area (Å²) in [4.78, 5) is 29.2. The number of pyridine rings is 1. The number of fused-ring (bicyclic) bond motifs is 4. The fourth-order valence-corrected chi connectivity index (χ4v) is 5.85. The quantitative estimate of drug-likeness (QED) is 0.351. The molecular formula is C31H34ClN5O5. The first kappa shape index (κ1) is 28.5. The molecule has 0 aliphatic carbocycles. The van der Waals surface area contributed by atoms with Crippen LogP contribution in [0.2, 0.25) is 5.02 Å². The first-order chi connectivity index (χ1) is 20.2. The highest BCUT2D eigenvalue weighted by molar-refractivity contribution is 6.30. The van der Waals surface area contributed by atoms with Crippen molar-refractivity contribution in [3.63, 3.8) is 0 Å². The summed E-state index contributed by atoms with van der Waals surface area (Å²) < 4.78 is 19.4. The summed E-state index contributed by atoms with van der Waals surface area (Å²) in [7, 11) is 1.74. The van der Waals surface area contributed by atoms with Crippen LogP contribution in [-0.4, -0.2) is 57.5 Å². The van der Waals surface area contributed by atoms with Crippen LogP contribution in [0.25, 0.3) is 22.2 Å². The molecule has 1 N–H and O–H groups in total. The summed E-state index contributed by atoms with van der Waals surface area (Å²) in [6.07, 6.45) is 2.38. The average molecular weight is 592 g/mol. The van der Waals surface area contributed by atoms with Gasteiger partial charge >= 0.3 is 0 Å².